The molecule has 0 fully saturated rings. The SMILES string of the molecule is CCCCC1=NCCCCC(=O)N1Cc1ccc(-c2ccccc2S(=O)(=O)Nc2noc(C)c2C)c(C(=O)OC)c1. The average molecular weight is 581 g/mol. The maximum Gasteiger partial charge on any atom is 0.338 e. The van der Waals surface area contributed by atoms with Crippen LogP contribution in [0.2, 0.25) is 0 Å². The second-order valence-electron chi connectivity index (χ2n) is 10.0. The minimum Gasteiger partial charge on any atom is -0.465 e. The summed E-state index contributed by atoms with van der Waals surface area (Å²) in [6.45, 7) is 6.43. The highest BCUT2D eigenvalue weighted by molar-refractivity contribution is 7.92. The third kappa shape index (κ3) is 6.84. The number of carbonyl (C=O) groups excluding carboxylic acids is 2. The highest BCUT2D eigenvalue weighted by Gasteiger charge is 2.26. The van der Waals surface area contributed by atoms with E-state index in [1.54, 1.807) is 55.1 Å². The summed E-state index contributed by atoms with van der Waals surface area (Å²) in [5, 5.41) is 3.82. The topological polar surface area (TPSA) is 131 Å². The lowest BCUT2D eigenvalue weighted by Crippen LogP contribution is -2.37. The number of esters is 1. The molecule has 2 heterocycles. The number of aromatic nitrogens is 1. The number of ether oxygens (including phenoxy) is 1. The third-order valence-corrected chi connectivity index (χ3v) is 8.54. The van der Waals surface area contributed by atoms with Gasteiger partial charge in [0.25, 0.3) is 10.0 Å². The van der Waals surface area contributed by atoms with Crippen molar-refractivity contribution < 1.29 is 27.3 Å². The Labute approximate surface area is 240 Å². The van der Waals surface area contributed by atoms with Gasteiger partial charge in [0.1, 0.15) is 11.6 Å². The standard InChI is InChI=1S/C30H36N4O6S/c1-5-6-13-27-31-17-10-9-14-28(35)34(27)19-22-15-16-23(25(18-22)30(36)39-4)24-11-7-8-12-26(24)41(37,38)33-29-20(2)21(3)40-32-29/h7-8,11-12,15-16,18H,5-6,9-10,13-14,17,19H2,1-4H3,(H,32,33). The van der Waals surface area contributed by atoms with Gasteiger partial charge in [-0.1, -0.05) is 48.8 Å². The number of amides is 1. The van der Waals surface area contributed by atoms with E-state index in [2.05, 4.69) is 16.8 Å². The van der Waals surface area contributed by atoms with Crippen molar-refractivity contribution in [2.75, 3.05) is 18.4 Å². The molecule has 0 saturated heterocycles. The van der Waals surface area contributed by atoms with Crippen molar-refractivity contribution in [3.63, 3.8) is 0 Å². The predicted octanol–water partition coefficient (Wildman–Crippen LogP) is 5.65. The minimum atomic E-state index is -4.11. The summed E-state index contributed by atoms with van der Waals surface area (Å²) in [5.41, 5.74) is 2.17. The Kier molecular flexibility index (Phi) is 9.59. The van der Waals surface area contributed by atoms with Crippen LogP contribution in [0.4, 0.5) is 5.82 Å². The molecule has 0 radical (unpaired) electrons. The molecular formula is C30H36N4O6S. The van der Waals surface area contributed by atoms with Crippen LogP contribution in [0.1, 0.15) is 72.7 Å². The number of methoxy groups -OCH3 is 1. The van der Waals surface area contributed by atoms with Crippen LogP contribution >= 0.6 is 0 Å². The van der Waals surface area contributed by atoms with Crippen LogP contribution in [0, 0.1) is 13.8 Å². The summed E-state index contributed by atoms with van der Waals surface area (Å²) in [6, 6.07) is 11.6. The van der Waals surface area contributed by atoms with E-state index in [0.29, 0.717) is 47.4 Å². The van der Waals surface area contributed by atoms with E-state index in [-0.39, 0.29) is 28.7 Å². The van der Waals surface area contributed by atoms with Crippen molar-refractivity contribution in [2.45, 2.75) is 70.7 Å². The molecule has 1 amide bonds. The van der Waals surface area contributed by atoms with E-state index in [9.17, 15) is 18.0 Å². The normalized spacial score (nSPS) is 14.3. The maximum absolute atomic E-state index is 13.5. The fraction of sp³-hybridized carbons (Fsp3) is 0.400. The number of nitrogens with zero attached hydrogens (tertiary/aromatic N) is 3. The lowest BCUT2D eigenvalue weighted by molar-refractivity contribution is -0.128. The van der Waals surface area contributed by atoms with Crippen molar-refractivity contribution in [1.29, 1.82) is 0 Å². The molecule has 2 aromatic carbocycles. The number of benzene rings is 2. The van der Waals surface area contributed by atoms with Gasteiger partial charge in [-0.3, -0.25) is 19.4 Å². The van der Waals surface area contributed by atoms with E-state index >= 15 is 0 Å². The van der Waals surface area contributed by atoms with Crippen molar-refractivity contribution in [1.82, 2.24) is 10.1 Å². The van der Waals surface area contributed by atoms with Crippen LogP contribution in [0.15, 0.2) is 56.9 Å². The van der Waals surface area contributed by atoms with E-state index in [1.165, 1.54) is 13.2 Å². The van der Waals surface area contributed by atoms with Gasteiger partial charge in [0, 0.05) is 30.5 Å². The highest BCUT2D eigenvalue weighted by atomic mass is 32.2. The molecule has 11 heteroatoms. The highest BCUT2D eigenvalue weighted by Crippen LogP contribution is 2.33. The van der Waals surface area contributed by atoms with Gasteiger partial charge in [-0.25, -0.2) is 13.2 Å². The quantitative estimate of drug-likeness (QED) is 0.307. The predicted molar refractivity (Wildman–Crippen MR) is 156 cm³/mol. The summed E-state index contributed by atoms with van der Waals surface area (Å²) in [4.78, 5) is 32.5. The van der Waals surface area contributed by atoms with Gasteiger partial charge in [0.05, 0.1) is 24.1 Å². The Morgan fingerprint density at radius 3 is 2.61 bits per heavy atom. The van der Waals surface area contributed by atoms with Crippen molar-refractivity contribution in [3.05, 3.63) is 64.9 Å². The summed E-state index contributed by atoms with van der Waals surface area (Å²) in [6.07, 6.45) is 4.70. The average Bonchev–Trinajstić information content (AvgIpc) is 3.27. The van der Waals surface area contributed by atoms with Gasteiger partial charge in [-0.2, -0.15) is 0 Å². The number of rotatable bonds is 10. The number of hydrogen-bond acceptors (Lipinski definition) is 8. The first kappa shape index (κ1) is 30.0. The molecule has 1 aliphatic heterocycles. The van der Waals surface area contributed by atoms with Gasteiger partial charge in [0.2, 0.25) is 5.91 Å². The molecule has 10 nitrogen and oxygen atoms in total. The van der Waals surface area contributed by atoms with Gasteiger partial charge in [-0.05, 0) is 56.4 Å². The van der Waals surface area contributed by atoms with Gasteiger partial charge >= 0.3 is 5.97 Å². The van der Waals surface area contributed by atoms with Crippen LogP contribution in [0.3, 0.4) is 0 Å². The largest absolute Gasteiger partial charge is 0.465 e. The summed E-state index contributed by atoms with van der Waals surface area (Å²) >= 11 is 0. The lowest BCUT2D eigenvalue weighted by Gasteiger charge is -2.27. The van der Waals surface area contributed by atoms with E-state index in [0.717, 1.165) is 31.5 Å². The zero-order valence-electron chi connectivity index (χ0n) is 23.9. The first-order valence-electron chi connectivity index (χ1n) is 13.8. The number of hydrogen-bond donors (Lipinski definition) is 1. The van der Waals surface area contributed by atoms with Gasteiger partial charge < -0.3 is 9.26 Å². The molecule has 218 valence electrons. The van der Waals surface area contributed by atoms with Crippen LogP contribution in [0.25, 0.3) is 11.1 Å². The van der Waals surface area contributed by atoms with Gasteiger partial charge in [-0.15, -0.1) is 0 Å². The Bertz CT molecular complexity index is 1560. The van der Waals surface area contributed by atoms with E-state index in [4.69, 9.17) is 14.3 Å². The third-order valence-electron chi connectivity index (χ3n) is 7.14. The molecule has 1 aromatic heterocycles. The molecule has 1 N–H and O–H groups in total. The number of aryl methyl sites for hydroxylation is 1. The summed E-state index contributed by atoms with van der Waals surface area (Å²) < 4.78 is 39.7. The zero-order chi connectivity index (χ0) is 29.6. The minimum absolute atomic E-state index is 0.00384. The molecule has 0 unspecified atom stereocenters. The molecule has 0 spiro atoms. The fourth-order valence-electron chi connectivity index (χ4n) is 4.69. The number of carbonyl (C=O) groups is 2. The number of amidine groups is 1. The maximum atomic E-state index is 13.5. The Hall–Kier alpha value is -3.99. The second kappa shape index (κ2) is 13.1. The van der Waals surface area contributed by atoms with E-state index < -0.39 is 16.0 Å². The molecular weight excluding hydrogens is 544 g/mol. The van der Waals surface area contributed by atoms with Crippen LogP contribution in [-0.4, -0.2) is 49.8 Å². The first-order valence-corrected chi connectivity index (χ1v) is 15.2. The second-order valence-corrected chi connectivity index (χ2v) is 11.7. The molecule has 0 bridgehead atoms. The van der Waals surface area contributed by atoms with Crippen LogP contribution in [-0.2, 0) is 26.1 Å². The van der Waals surface area contributed by atoms with Crippen LogP contribution in [0.5, 0.6) is 0 Å². The summed E-state index contributed by atoms with van der Waals surface area (Å²) in [7, 11) is -2.83. The number of aliphatic imine (C=N–C) groups is 1. The molecule has 3 aromatic rings. The summed E-state index contributed by atoms with van der Waals surface area (Å²) in [5.74, 6) is 0.745. The Morgan fingerprint density at radius 2 is 1.90 bits per heavy atom. The van der Waals surface area contributed by atoms with Crippen molar-refractivity contribution >= 4 is 33.6 Å². The zero-order valence-corrected chi connectivity index (χ0v) is 24.7. The monoisotopic (exact) mass is 580 g/mol. The van der Waals surface area contributed by atoms with E-state index in [1.807, 2.05) is 0 Å². The number of anilines is 1. The van der Waals surface area contributed by atoms with Crippen molar-refractivity contribution in [2.24, 2.45) is 4.99 Å². The number of unbranched alkanes of at least 4 members (excludes halogenated alkanes) is 1. The molecule has 0 atom stereocenters. The Morgan fingerprint density at radius 1 is 1.12 bits per heavy atom. The van der Waals surface area contributed by atoms with Gasteiger partial charge in [0.15, 0.2) is 5.82 Å². The molecule has 1 aliphatic rings. The fourth-order valence-corrected chi connectivity index (χ4v) is 5.97. The molecule has 0 saturated carbocycles. The molecule has 41 heavy (non-hydrogen) atoms. The first-order chi connectivity index (χ1) is 19.7. The van der Waals surface area contributed by atoms with Crippen LogP contribution < -0.4 is 4.72 Å². The van der Waals surface area contributed by atoms with Crippen molar-refractivity contribution in [3.8, 4) is 11.1 Å². The number of sulfonamides is 1. The lowest BCUT2D eigenvalue weighted by atomic mass is 9.97. The Balaban J connectivity index is 1.74. The smallest absolute Gasteiger partial charge is 0.338 e. The number of nitrogens with one attached hydrogen (secondary N) is 1. The molecule has 0 aliphatic carbocycles. The molecule has 4 rings (SSSR count).